The Hall–Kier alpha value is -2.40. The van der Waals surface area contributed by atoms with Crippen molar-refractivity contribution in [3.05, 3.63) is 35.4 Å². The number of rotatable bonds is 3. The Kier molecular flexibility index (Phi) is 10.2. The molecule has 0 aliphatic carbocycles. The Morgan fingerprint density at radius 3 is 2.10 bits per heavy atom. The van der Waals surface area contributed by atoms with Gasteiger partial charge >= 0.3 is 6.18 Å². The summed E-state index contributed by atoms with van der Waals surface area (Å²) in [5.74, 6) is 0.179. The van der Waals surface area contributed by atoms with Crippen LogP contribution in [0.25, 0.3) is 11.3 Å². The Bertz CT molecular complexity index is 935. The van der Waals surface area contributed by atoms with E-state index in [1.165, 1.54) is 38.4 Å². The van der Waals surface area contributed by atoms with E-state index in [1.807, 2.05) is 13.8 Å². The summed E-state index contributed by atoms with van der Waals surface area (Å²) in [6.07, 6.45) is 0.457. The number of hydrogen-bond donors (Lipinski definition) is 3. The molecule has 0 atom stereocenters. The molecule has 0 radical (unpaired) electrons. The lowest BCUT2D eigenvalue weighted by Crippen LogP contribution is -2.21. The Morgan fingerprint density at radius 1 is 1.06 bits per heavy atom. The van der Waals surface area contributed by atoms with Gasteiger partial charge in [0.25, 0.3) is 0 Å². The van der Waals surface area contributed by atoms with E-state index in [0.29, 0.717) is 11.6 Å². The number of aryl methyl sites for hydroxylation is 1. The molecule has 0 spiro atoms. The summed E-state index contributed by atoms with van der Waals surface area (Å²) < 4.78 is 63.4. The molecule has 11 heteroatoms. The zero-order chi connectivity index (χ0) is 23.7. The van der Waals surface area contributed by atoms with Crippen LogP contribution >= 0.6 is 0 Å². The van der Waals surface area contributed by atoms with E-state index in [4.69, 9.17) is 5.73 Å². The number of halogens is 3. The molecule has 3 rings (SSSR count). The summed E-state index contributed by atoms with van der Waals surface area (Å²) >= 11 is 0. The number of nitrogens with one attached hydrogen (secondary N) is 2. The molecule has 2 aromatic rings. The van der Waals surface area contributed by atoms with Gasteiger partial charge in [-0.2, -0.15) is 13.2 Å². The zero-order valence-electron chi connectivity index (χ0n) is 18.2. The number of alkyl halides is 3. The van der Waals surface area contributed by atoms with Crippen LogP contribution in [0.5, 0.6) is 0 Å². The van der Waals surface area contributed by atoms with Gasteiger partial charge in [-0.05, 0) is 56.6 Å². The fourth-order valence-corrected chi connectivity index (χ4v) is 3.22. The van der Waals surface area contributed by atoms with Crippen LogP contribution in [0, 0.1) is 6.92 Å². The van der Waals surface area contributed by atoms with Gasteiger partial charge in [0, 0.05) is 5.56 Å². The summed E-state index contributed by atoms with van der Waals surface area (Å²) in [7, 11) is -3.78. The lowest BCUT2D eigenvalue weighted by Gasteiger charge is -2.14. The van der Waals surface area contributed by atoms with Crippen molar-refractivity contribution in [2.24, 2.45) is 0 Å². The highest BCUT2D eigenvalue weighted by Gasteiger charge is 2.31. The van der Waals surface area contributed by atoms with Crippen LogP contribution in [0.4, 0.5) is 24.7 Å². The monoisotopic (exact) mass is 461 g/mol. The van der Waals surface area contributed by atoms with Crippen molar-refractivity contribution in [1.29, 1.82) is 0 Å². The standard InChI is InChI=1S/C13H13F3N4O2S.C5H11N.C2H6/c1-7-5-10(18-19-12(7)17)9-4-3-8(13(14,15)16)6-11(9)20-23(2,21)22;1-2-4-6-5-3-1;1-2/h3-6,20H,1-2H3,(H2,17,19);6H,1-5H2;1-2H3. The van der Waals surface area contributed by atoms with Crippen LogP contribution in [-0.2, 0) is 16.2 Å². The minimum Gasteiger partial charge on any atom is -0.382 e. The smallest absolute Gasteiger partial charge is 0.382 e. The van der Waals surface area contributed by atoms with E-state index >= 15 is 0 Å². The second-order valence-electron chi connectivity index (χ2n) is 6.74. The highest BCUT2D eigenvalue weighted by Crippen LogP contribution is 2.36. The second kappa shape index (κ2) is 11.8. The number of aromatic nitrogens is 2. The van der Waals surface area contributed by atoms with Gasteiger partial charge in [0.2, 0.25) is 10.0 Å². The summed E-state index contributed by atoms with van der Waals surface area (Å²) in [6.45, 7) is 8.15. The van der Waals surface area contributed by atoms with Gasteiger partial charge in [0.15, 0.2) is 0 Å². The van der Waals surface area contributed by atoms with E-state index in [0.717, 1.165) is 18.4 Å². The Morgan fingerprint density at radius 2 is 1.68 bits per heavy atom. The molecule has 0 bridgehead atoms. The summed E-state index contributed by atoms with van der Waals surface area (Å²) in [5.41, 5.74) is 5.28. The highest BCUT2D eigenvalue weighted by atomic mass is 32.2. The van der Waals surface area contributed by atoms with Crippen LogP contribution in [0.2, 0.25) is 0 Å². The maximum absolute atomic E-state index is 12.8. The lowest BCUT2D eigenvalue weighted by atomic mass is 10.0. The van der Waals surface area contributed by atoms with E-state index < -0.39 is 21.8 Å². The van der Waals surface area contributed by atoms with Gasteiger partial charge in [0.1, 0.15) is 5.82 Å². The summed E-state index contributed by atoms with van der Waals surface area (Å²) in [5, 5.41) is 10.8. The molecule has 31 heavy (non-hydrogen) atoms. The highest BCUT2D eigenvalue weighted by molar-refractivity contribution is 7.92. The maximum atomic E-state index is 12.8. The number of piperidine rings is 1. The minimum absolute atomic E-state index is 0.166. The van der Waals surface area contributed by atoms with Crippen molar-refractivity contribution in [3.63, 3.8) is 0 Å². The number of sulfonamides is 1. The largest absolute Gasteiger partial charge is 0.416 e. The first-order chi connectivity index (χ1) is 14.5. The molecule has 0 unspecified atom stereocenters. The Labute approximate surface area is 181 Å². The first-order valence-corrected chi connectivity index (χ1v) is 11.9. The van der Waals surface area contributed by atoms with Crippen LogP contribution in [0.1, 0.15) is 44.2 Å². The van der Waals surface area contributed by atoms with Gasteiger partial charge in [-0.25, -0.2) is 8.42 Å². The van der Waals surface area contributed by atoms with Gasteiger partial charge in [0.05, 0.1) is 23.2 Å². The molecule has 1 aromatic carbocycles. The third-order valence-electron chi connectivity index (χ3n) is 4.15. The fraction of sp³-hybridized carbons (Fsp3) is 0.500. The third kappa shape index (κ3) is 9.09. The minimum atomic E-state index is -4.60. The molecular formula is C20H30F3N5O2S. The molecule has 4 N–H and O–H groups in total. The van der Waals surface area contributed by atoms with Crippen molar-refractivity contribution in [2.45, 2.75) is 46.2 Å². The van der Waals surface area contributed by atoms with E-state index in [1.54, 1.807) is 6.92 Å². The molecule has 1 aromatic heterocycles. The molecule has 2 heterocycles. The van der Waals surface area contributed by atoms with E-state index in [9.17, 15) is 21.6 Å². The topological polar surface area (TPSA) is 110 Å². The summed E-state index contributed by atoms with van der Waals surface area (Å²) in [6, 6.07) is 4.20. The Balaban J connectivity index is 0.000000508. The van der Waals surface area contributed by atoms with Crippen LogP contribution in [-0.4, -0.2) is 38.0 Å². The molecule has 0 saturated carbocycles. The SMILES string of the molecule is C1CCNCC1.CC.Cc1cc(-c2ccc(C(F)(F)F)cc2NS(C)(=O)=O)nnc1N. The third-order valence-corrected chi connectivity index (χ3v) is 4.74. The summed E-state index contributed by atoms with van der Waals surface area (Å²) in [4.78, 5) is 0. The predicted octanol–water partition coefficient (Wildman–Crippen LogP) is 4.21. The molecule has 1 aliphatic rings. The maximum Gasteiger partial charge on any atom is 0.416 e. The predicted molar refractivity (Wildman–Crippen MR) is 118 cm³/mol. The molecule has 1 fully saturated rings. The van der Waals surface area contributed by atoms with Gasteiger partial charge < -0.3 is 11.1 Å². The first-order valence-electron chi connectivity index (χ1n) is 9.97. The number of nitrogens with zero attached hydrogens (tertiary/aromatic N) is 2. The number of anilines is 2. The fourth-order valence-electron chi connectivity index (χ4n) is 2.66. The average molecular weight is 462 g/mol. The van der Waals surface area contributed by atoms with Crippen LogP contribution < -0.4 is 15.8 Å². The first kappa shape index (κ1) is 26.6. The van der Waals surface area contributed by atoms with E-state index in [-0.39, 0.29) is 22.8 Å². The quantitative estimate of drug-likeness (QED) is 0.632. The molecule has 1 aliphatic heterocycles. The normalized spacial score (nSPS) is 13.9. The van der Waals surface area contributed by atoms with Crippen LogP contribution in [0.15, 0.2) is 24.3 Å². The average Bonchev–Trinajstić information content (AvgIpc) is 2.71. The van der Waals surface area contributed by atoms with Crippen LogP contribution in [0.3, 0.4) is 0 Å². The number of benzene rings is 1. The number of nitrogen functional groups attached to an aromatic ring is 1. The lowest BCUT2D eigenvalue weighted by molar-refractivity contribution is -0.137. The van der Waals surface area contributed by atoms with Crippen molar-refractivity contribution in [1.82, 2.24) is 15.5 Å². The van der Waals surface area contributed by atoms with Gasteiger partial charge in [-0.1, -0.05) is 26.3 Å². The molecule has 174 valence electrons. The van der Waals surface area contributed by atoms with Gasteiger partial charge in [-0.3, -0.25) is 4.72 Å². The molecule has 1 saturated heterocycles. The molecular weight excluding hydrogens is 431 g/mol. The molecule has 7 nitrogen and oxygen atoms in total. The van der Waals surface area contributed by atoms with Gasteiger partial charge in [-0.15, -0.1) is 10.2 Å². The van der Waals surface area contributed by atoms with E-state index in [2.05, 4.69) is 20.2 Å². The van der Waals surface area contributed by atoms with Crippen molar-refractivity contribution in [2.75, 3.05) is 29.8 Å². The van der Waals surface area contributed by atoms with Crippen molar-refractivity contribution < 1.29 is 21.6 Å². The number of nitrogens with two attached hydrogens (primary N) is 1. The zero-order valence-corrected chi connectivity index (χ0v) is 19.0. The number of hydrogen-bond acceptors (Lipinski definition) is 6. The second-order valence-corrected chi connectivity index (χ2v) is 8.49. The van der Waals surface area contributed by atoms with Crippen molar-refractivity contribution in [3.8, 4) is 11.3 Å². The molecule has 0 amide bonds. The van der Waals surface area contributed by atoms with Crippen molar-refractivity contribution >= 4 is 21.5 Å².